The zero-order chi connectivity index (χ0) is 12.8. The van der Waals surface area contributed by atoms with Gasteiger partial charge in [0, 0.05) is 5.56 Å². The minimum Gasteiger partial charge on any atom is -0.467 e. The number of carbonyl (C=O) groups excluding carboxylic acids is 2. The molecule has 0 aliphatic heterocycles. The van der Waals surface area contributed by atoms with Crippen LogP contribution in [0.5, 0.6) is 0 Å². The Morgan fingerprint density at radius 1 is 1.29 bits per heavy atom. The quantitative estimate of drug-likeness (QED) is 0.740. The number of rotatable bonds is 4. The molecule has 17 heavy (non-hydrogen) atoms. The van der Waals surface area contributed by atoms with Crippen LogP contribution in [-0.4, -0.2) is 36.2 Å². The number of esters is 1. The summed E-state index contributed by atoms with van der Waals surface area (Å²) in [6.45, 7) is 1.41. The number of aliphatic hydroxyl groups is 1. The van der Waals surface area contributed by atoms with Crippen molar-refractivity contribution in [1.82, 2.24) is 5.32 Å². The number of nitrogens with one attached hydrogen (secondary N) is 1. The first-order valence-electron chi connectivity index (χ1n) is 5.18. The van der Waals surface area contributed by atoms with E-state index in [0.717, 1.165) is 0 Å². The van der Waals surface area contributed by atoms with Crippen LogP contribution < -0.4 is 5.32 Å². The molecule has 1 rings (SSSR count). The zero-order valence-corrected chi connectivity index (χ0v) is 9.71. The second-order valence-corrected chi connectivity index (χ2v) is 3.58. The lowest BCUT2D eigenvalue weighted by molar-refractivity contribution is -0.145. The number of amides is 1. The van der Waals surface area contributed by atoms with Gasteiger partial charge in [-0.3, -0.25) is 4.79 Å². The van der Waals surface area contributed by atoms with Crippen molar-refractivity contribution >= 4 is 11.9 Å². The van der Waals surface area contributed by atoms with Gasteiger partial charge in [-0.15, -0.1) is 0 Å². The average molecular weight is 237 g/mol. The van der Waals surface area contributed by atoms with Crippen LogP contribution in [0.25, 0.3) is 0 Å². The van der Waals surface area contributed by atoms with E-state index in [1.165, 1.54) is 14.0 Å². The van der Waals surface area contributed by atoms with Gasteiger partial charge in [0.05, 0.1) is 13.2 Å². The second-order valence-electron chi connectivity index (χ2n) is 3.58. The van der Waals surface area contributed by atoms with Crippen molar-refractivity contribution < 1.29 is 19.4 Å². The zero-order valence-electron chi connectivity index (χ0n) is 9.71. The van der Waals surface area contributed by atoms with E-state index in [1.807, 2.05) is 0 Å². The molecule has 1 aromatic carbocycles. The van der Waals surface area contributed by atoms with Gasteiger partial charge in [0.2, 0.25) is 0 Å². The Balaban J connectivity index is 2.75. The highest BCUT2D eigenvalue weighted by Crippen LogP contribution is 2.02. The van der Waals surface area contributed by atoms with Crippen molar-refractivity contribution in [1.29, 1.82) is 0 Å². The van der Waals surface area contributed by atoms with Crippen LogP contribution in [-0.2, 0) is 9.53 Å². The highest BCUT2D eigenvalue weighted by molar-refractivity contribution is 5.96. The number of aliphatic hydroxyl groups excluding tert-OH is 1. The lowest BCUT2D eigenvalue weighted by atomic mass is 10.1. The van der Waals surface area contributed by atoms with Crippen LogP contribution in [0, 0.1) is 0 Å². The molecule has 1 unspecified atom stereocenters. The largest absolute Gasteiger partial charge is 0.467 e. The molecule has 0 spiro atoms. The lowest BCUT2D eigenvalue weighted by Crippen LogP contribution is -2.48. The maximum Gasteiger partial charge on any atom is 0.331 e. The summed E-state index contributed by atoms with van der Waals surface area (Å²) in [4.78, 5) is 23.1. The number of methoxy groups -OCH3 is 1. The summed E-state index contributed by atoms with van der Waals surface area (Å²) < 4.78 is 4.50. The summed E-state index contributed by atoms with van der Waals surface area (Å²) in [6, 6.07) is 7.38. The average Bonchev–Trinajstić information content (AvgIpc) is 2.35. The summed E-state index contributed by atoms with van der Waals surface area (Å²) in [5.74, 6) is -1.11. The molecule has 92 valence electrons. The van der Waals surface area contributed by atoms with E-state index in [-0.39, 0.29) is 0 Å². The maximum atomic E-state index is 11.7. The summed E-state index contributed by atoms with van der Waals surface area (Å²) >= 11 is 0. The minimum absolute atomic E-state index is 0.419. The molecule has 0 bridgehead atoms. The number of ether oxygens (including phenoxy) is 1. The molecule has 0 aliphatic rings. The molecular weight excluding hydrogens is 222 g/mol. The first-order chi connectivity index (χ1) is 8.06. The summed E-state index contributed by atoms with van der Waals surface area (Å²) in [7, 11) is 1.20. The van der Waals surface area contributed by atoms with Crippen molar-refractivity contribution in [2.24, 2.45) is 0 Å². The Hall–Kier alpha value is -1.88. The topological polar surface area (TPSA) is 75.6 Å². The van der Waals surface area contributed by atoms with E-state index < -0.39 is 24.0 Å². The Kier molecular flexibility index (Phi) is 4.66. The van der Waals surface area contributed by atoms with Crippen LogP contribution in [0.3, 0.4) is 0 Å². The van der Waals surface area contributed by atoms with Crippen molar-refractivity contribution in [2.45, 2.75) is 19.1 Å². The smallest absolute Gasteiger partial charge is 0.331 e. The highest BCUT2D eigenvalue weighted by atomic mass is 16.5. The van der Waals surface area contributed by atoms with Gasteiger partial charge in [-0.05, 0) is 19.1 Å². The van der Waals surface area contributed by atoms with Crippen LogP contribution in [0.15, 0.2) is 30.3 Å². The molecule has 0 heterocycles. The van der Waals surface area contributed by atoms with E-state index in [2.05, 4.69) is 10.1 Å². The SMILES string of the molecule is COC(=O)[C@@H](NC(=O)c1ccccc1)C(C)O. The lowest BCUT2D eigenvalue weighted by Gasteiger charge is -2.18. The van der Waals surface area contributed by atoms with Gasteiger partial charge in [-0.2, -0.15) is 0 Å². The van der Waals surface area contributed by atoms with Gasteiger partial charge in [-0.25, -0.2) is 4.79 Å². The molecule has 1 amide bonds. The molecule has 0 saturated carbocycles. The summed E-state index contributed by atoms with van der Waals surface area (Å²) in [5, 5.41) is 11.8. The number of hydrogen-bond donors (Lipinski definition) is 2. The highest BCUT2D eigenvalue weighted by Gasteiger charge is 2.26. The molecule has 5 heteroatoms. The molecular formula is C12H15NO4. The van der Waals surface area contributed by atoms with E-state index in [9.17, 15) is 14.7 Å². The second kappa shape index (κ2) is 6.00. The predicted molar refractivity (Wildman–Crippen MR) is 61.4 cm³/mol. The van der Waals surface area contributed by atoms with E-state index in [4.69, 9.17) is 0 Å². The van der Waals surface area contributed by atoms with Gasteiger partial charge < -0.3 is 15.2 Å². The van der Waals surface area contributed by atoms with Crippen molar-refractivity contribution in [3.8, 4) is 0 Å². The third-order valence-electron chi connectivity index (χ3n) is 2.26. The van der Waals surface area contributed by atoms with Crippen LogP contribution in [0.4, 0.5) is 0 Å². The Morgan fingerprint density at radius 2 is 1.88 bits per heavy atom. The van der Waals surface area contributed by atoms with Crippen LogP contribution >= 0.6 is 0 Å². The number of hydrogen-bond acceptors (Lipinski definition) is 4. The van der Waals surface area contributed by atoms with E-state index in [0.29, 0.717) is 5.56 Å². The molecule has 0 aromatic heterocycles. The number of benzene rings is 1. The third kappa shape index (κ3) is 3.57. The first-order valence-corrected chi connectivity index (χ1v) is 5.18. The Bertz CT molecular complexity index is 389. The minimum atomic E-state index is -1.06. The molecule has 0 aliphatic carbocycles. The predicted octanol–water partition coefficient (Wildman–Crippen LogP) is 0.339. The first kappa shape index (κ1) is 13.2. The van der Waals surface area contributed by atoms with Crippen LogP contribution in [0.1, 0.15) is 17.3 Å². The molecule has 5 nitrogen and oxygen atoms in total. The monoisotopic (exact) mass is 237 g/mol. The molecule has 2 N–H and O–H groups in total. The Labute approximate surface area is 99.4 Å². The normalized spacial score (nSPS) is 13.6. The van der Waals surface area contributed by atoms with Gasteiger partial charge in [0.15, 0.2) is 6.04 Å². The number of carbonyl (C=O) groups is 2. The fraction of sp³-hybridized carbons (Fsp3) is 0.333. The van der Waals surface area contributed by atoms with E-state index >= 15 is 0 Å². The molecule has 0 fully saturated rings. The van der Waals surface area contributed by atoms with E-state index in [1.54, 1.807) is 30.3 Å². The molecule has 1 aromatic rings. The Morgan fingerprint density at radius 3 is 2.35 bits per heavy atom. The van der Waals surface area contributed by atoms with Crippen molar-refractivity contribution in [2.75, 3.05) is 7.11 Å². The molecule has 0 radical (unpaired) electrons. The van der Waals surface area contributed by atoms with Crippen LogP contribution in [0.2, 0.25) is 0 Å². The summed E-state index contributed by atoms with van der Waals surface area (Å²) in [6.07, 6.45) is -1.02. The maximum absolute atomic E-state index is 11.7. The molecule has 2 atom stereocenters. The van der Waals surface area contributed by atoms with Crippen molar-refractivity contribution in [3.63, 3.8) is 0 Å². The van der Waals surface area contributed by atoms with Gasteiger partial charge in [0.1, 0.15) is 0 Å². The van der Waals surface area contributed by atoms with Gasteiger partial charge >= 0.3 is 5.97 Å². The van der Waals surface area contributed by atoms with Gasteiger partial charge in [0.25, 0.3) is 5.91 Å². The fourth-order valence-corrected chi connectivity index (χ4v) is 1.32. The molecule has 0 saturated heterocycles. The third-order valence-corrected chi connectivity index (χ3v) is 2.26. The standard InChI is InChI=1S/C12H15NO4/c1-8(14)10(12(16)17-2)13-11(15)9-6-4-3-5-7-9/h3-8,10,14H,1-2H3,(H,13,15)/t8?,10-/m0/s1. The van der Waals surface area contributed by atoms with Crippen molar-refractivity contribution in [3.05, 3.63) is 35.9 Å². The fourth-order valence-electron chi connectivity index (χ4n) is 1.32. The van der Waals surface area contributed by atoms with Gasteiger partial charge in [-0.1, -0.05) is 18.2 Å². The summed E-state index contributed by atoms with van der Waals surface area (Å²) in [5.41, 5.74) is 0.419.